The van der Waals surface area contributed by atoms with Crippen molar-refractivity contribution in [2.24, 2.45) is 0 Å². The van der Waals surface area contributed by atoms with E-state index in [1.807, 2.05) is 11.8 Å². The number of nitrogens with one attached hydrogen (secondary N) is 1. The van der Waals surface area contributed by atoms with Gasteiger partial charge in [-0.1, -0.05) is 37.2 Å². The Morgan fingerprint density at radius 3 is 3.10 bits per heavy atom. The summed E-state index contributed by atoms with van der Waals surface area (Å²) in [6.45, 7) is 5.29. The van der Waals surface area contributed by atoms with E-state index in [2.05, 4.69) is 53.6 Å². The van der Waals surface area contributed by atoms with Gasteiger partial charge in [-0.25, -0.2) is 0 Å². The lowest BCUT2D eigenvalue weighted by Gasteiger charge is -2.05. The topological polar surface area (TPSA) is 51.0 Å². The fraction of sp³-hybridized carbons (Fsp3) is 0.467. The van der Waals surface area contributed by atoms with Crippen molar-refractivity contribution < 1.29 is 4.52 Å². The molecule has 1 N–H and O–H groups in total. The number of para-hydroxylation sites is 1. The number of anilines is 1. The maximum atomic E-state index is 5.37. The summed E-state index contributed by atoms with van der Waals surface area (Å²) < 4.78 is 5.37. The second-order valence-electron chi connectivity index (χ2n) is 5.33. The van der Waals surface area contributed by atoms with Gasteiger partial charge in [-0.05, 0) is 16.9 Å². The number of rotatable bonds is 5. The molecule has 1 aromatic carbocycles. The van der Waals surface area contributed by atoms with E-state index in [1.165, 1.54) is 11.3 Å². The van der Waals surface area contributed by atoms with E-state index < -0.39 is 0 Å². The van der Waals surface area contributed by atoms with Crippen molar-refractivity contribution in [1.29, 1.82) is 0 Å². The SMILES string of the molecule is CC(C)SCc1noc(CC2CNc3ccccc32)n1. The van der Waals surface area contributed by atoms with E-state index in [0.29, 0.717) is 11.2 Å². The molecule has 1 aromatic heterocycles. The standard InChI is InChI=1S/C15H19N3OS/c1-10(2)20-9-14-17-15(19-18-14)7-11-8-16-13-6-4-3-5-12(11)13/h3-6,10-11,16H,7-9H2,1-2H3. The lowest BCUT2D eigenvalue weighted by atomic mass is 9.98. The van der Waals surface area contributed by atoms with Crippen molar-refractivity contribution in [3.05, 3.63) is 41.5 Å². The van der Waals surface area contributed by atoms with Crippen LogP contribution in [0.5, 0.6) is 0 Å². The van der Waals surface area contributed by atoms with Crippen LogP contribution in [-0.4, -0.2) is 21.9 Å². The van der Waals surface area contributed by atoms with Gasteiger partial charge in [0.05, 0.1) is 5.75 Å². The Morgan fingerprint density at radius 2 is 2.25 bits per heavy atom. The monoisotopic (exact) mass is 289 g/mol. The molecule has 1 aliphatic rings. The second kappa shape index (κ2) is 5.87. The van der Waals surface area contributed by atoms with E-state index in [9.17, 15) is 0 Å². The Balaban J connectivity index is 1.64. The predicted octanol–water partition coefficient (Wildman–Crippen LogP) is 3.46. The molecule has 2 heterocycles. The minimum Gasteiger partial charge on any atom is -0.384 e. The molecule has 1 atom stereocenters. The summed E-state index contributed by atoms with van der Waals surface area (Å²) in [6.07, 6.45) is 0.809. The van der Waals surface area contributed by atoms with Gasteiger partial charge in [0.25, 0.3) is 0 Å². The molecular formula is C15H19N3OS. The Bertz CT molecular complexity index is 582. The number of nitrogens with zero attached hydrogens (tertiary/aromatic N) is 2. The zero-order valence-corrected chi connectivity index (χ0v) is 12.6. The predicted molar refractivity (Wildman–Crippen MR) is 82.1 cm³/mol. The van der Waals surface area contributed by atoms with Crippen LogP contribution in [0.25, 0.3) is 0 Å². The molecule has 0 fully saturated rings. The van der Waals surface area contributed by atoms with Crippen LogP contribution in [-0.2, 0) is 12.2 Å². The first kappa shape index (κ1) is 13.5. The minimum atomic E-state index is 0.428. The van der Waals surface area contributed by atoms with Crippen molar-refractivity contribution in [3.63, 3.8) is 0 Å². The highest BCUT2D eigenvalue weighted by molar-refractivity contribution is 7.99. The van der Waals surface area contributed by atoms with Gasteiger partial charge in [0.15, 0.2) is 5.82 Å². The number of aromatic nitrogens is 2. The van der Waals surface area contributed by atoms with Crippen molar-refractivity contribution in [2.75, 3.05) is 11.9 Å². The molecule has 3 rings (SSSR count). The Kier molecular flexibility index (Phi) is 3.96. The van der Waals surface area contributed by atoms with Gasteiger partial charge in [0.2, 0.25) is 5.89 Å². The largest absolute Gasteiger partial charge is 0.384 e. The molecule has 1 aliphatic heterocycles. The van der Waals surface area contributed by atoms with Gasteiger partial charge < -0.3 is 9.84 Å². The number of hydrogen-bond donors (Lipinski definition) is 1. The van der Waals surface area contributed by atoms with E-state index in [1.54, 1.807) is 0 Å². The molecule has 0 bridgehead atoms. The summed E-state index contributed by atoms with van der Waals surface area (Å²) in [7, 11) is 0. The molecule has 0 saturated carbocycles. The summed E-state index contributed by atoms with van der Waals surface area (Å²) in [6, 6.07) is 8.43. The Labute approximate surface area is 123 Å². The van der Waals surface area contributed by atoms with Gasteiger partial charge in [-0.3, -0.25) is 0 Å². The number of benzene rings is 1. The molecule has 5 heteroatoms. The maximum Gasteiger partial charge on any atom is 0.227 e. The first-order valence-corrected chi connectivity index (χ1v) is 8.03. The molecular weight excluding hydrogens is 270 g/mol. The first-order chi connectivity index (χ1) is 9.72. The molecule has 20 heavy (non-hydrogen) atoms. The summed E-state index contributed by atoms with van der Waals surface area (Å²) in [4.78, 5) is 4.49. The quantitative estimate of drug-likeness (QED) is 0.913. The highest BCUT2D eigenvalue weighted by Gasteiger charge is 2.24. The maximum absolute atomic E-state index is 5.37. The van der Waals surface area contributed by atoms with Crippen LogP contribution in [0.15, 0.2) is 28.8 Å². The van der Waals surface area contributed by atoms with Gasteiger partial charge in [-0.2, -0.15) is 16.7 Å². The van der Waals surface area contributed by atoms with E-state index in [0.717, 1.165) is 30.4 Å². The molecule has 0 amide bonds. The summed E-state index contributed by atoms with van der Waals surface area (Å²) in [5.41, 5.74) is 2.58. The molecule has 0 radical (unpaired) electrons. The van der Waals surface area contributed by atoms with Crippen molar-refractivity contribution >= 4 is 17.4 Å². The number of hydrogen-bond acceptors (Lipinski definition) is 5. The zero-order chi connectivity index (χ0) is 13.9. The third-order valence-electron chi connectivity index (χ3n) is 3.42. The average Bonchev–Trinajstić information content (AvgIpc) is 3.05. The van der Waals surface area contributed by atoms with Crippen LogP contribution in [0.1, 0.15) is 37.0 Å². The normalized spacial score (nSPS) is 17.2. The molecule has 2 aromatic rings. The molecule has 4 nitrogen and oxygen atoms in total. The minimum absolute atomic E-state index is 0.428. The van der Waals surface area contributed by atoms with E-state index in [4.69, 9.17) is 4.52 Å². The van der Waals surface area contributed by atoms with Crippen LogP contribution in [0.4, 0.5) is 5.69 Å². The third-order valence-corrected chi connectivity index (χ3v) is 4.51. The lowest BCUT2D eigenvalue weighted by Crippen LogP contribution is -2.05. The molecule has 106 valence electrons. The van der Waals surface area contributed by atoms with Crippen molar-refractivity contribution in [2.45, 2.75) is 37.2 Å². The smallest absolute Gasteiger partial charge is 0.227 e. The van der Waals surface area contributed by atoms with Gasteiger partial charge in [0, 0.05) is 24.6 Å². The molecule has 0 spiro atoms. The summed E-state index contributed by atoms with van der Waals surface area (Å²) in [5, 5.41) is 8.07. The zero-order valence-electron chi connectivity index (χ0n) is 11.8. The van der Waals surface area contributed by atoms with Crippen LogP contribution in [0, 0.1) is 0 Å². The second-order valence-corrected chi connectivity index (χ2v) is 6.90. The van der Waals surface area contributed by atoms with Crippen LogP contribution in [0.3, 0.4) is 0 Å². The van der Waals surface area contributed by atoms with Gasteiger partial charge in [-0.15, -0.1) is 0 Å². The van der Waals surface area contributed by atoms with Crippen LogP contribution in [0.2, 0.25) is 0 Å². The Morgan fingerprint density at radius 1 is 1.40 bits per heavy atom. The van der Waals surface area contributed by atoms with Crippen LogP contribution >= 0.6 is 11.8 Å². The molecule has 0 saturated heterocycles. The van der Waals surface area contributed by atoms with Gasteiger partial charge in [0.1, 0.15) is 0 Å². The van der Waals surface area contributed by atoms with E-state index in [-0.39, 0.29) is 0 Å². The van der Waals surface area contributed by atoms with Gasteiger partial charge >= 0.3 is 0 Å². The highest BCUT2D eigenvalue weighted by atomic mass is 32.2. The number of fused-ring (bicyclic) bond motifs is 1. The molecule has 1 unspecified atom stereocenters. The summed E-state index contributed by atoms with van der Waals surface area (Å²) >= 11 is 1.83. The highest BCUT2D eigenvalue weighted by Crippen LogP contribution is 2.33. The van der Waals surface area contributed by atoms with Crippen molar-refractivity contribution in [1.82, 2.24) is 10.1 Å². The molecule has 0 aliphatic carbocycles. The van der Waals surface area contributed by atoms with E-state index >= 15 is 0 Å². The third kappa shape index (κ3) is 2.98. The summed E-state index contributed by atoms with van der Waals surface area (Å²) in [5.74, 6) is 2.80. The number of thioether (sulfide) groups is 1. The Hall–Kier alpha value is -1.49. The lowest BCUT2D eigenvalue weighted by molar-refractivity contribution is 0.368. The average molecular weight is 289 g/mol. The van der Waals surface area contributed by atoms with Crippen LogP contribution < -0.4 is 5.32 Å². The first-order valence-electron chi connectivity index (χ1n) is 6.98. The van der Waals surface area contributed by atoms with Crippen molar-refractivity contribution in [3.8, 4) is 0 Å². The fourth-order valence-electron chi connectivity index (χ4n) is 2.42. The fourth-order valence-corrected chi connectivity index (χ4v) is 3.02.